The van der Waals surface area contributed by atoms with Crippen LogP contribution in [0.15, 0.2) is 168 Å². The molecule has 0 bridgehead atoms. The Balaban J connectivity index is 1.23. The highest BCUT2D eigenvalue weighted by Crippen LogP contribution is 2.40. The van der Waals surface area contributed by atoms with Crippen molar-refractivity contribution < 1.29 is 4.42 Å². The van der Waals surface area contributed by atoms with Crippen molar-refractivity contribution in [3.63, 3.8) is 0 Å². The highest BCUT2D eigenvalue weighted by atomic mass is 16.3. The van der Waals surface area contributed by atoms with Crippen molar-refractivity contribution >= 4 is 49.8 Å². The van der Waals surface area contributed by atoms with Gasteiger partial charge in [-0.05, 0) is 82.2 Å². The lowest BCUT2D eigenvalue weighted by Crippen LogP contribution is -2.09. The summed E-state index contributed by atoms with van der Waals surface area (Å²) in [6.45, 7) is 0. The van der Waals surface area contributed by atoms with E-state index in [9.17, 15) is 0 Å². The molecule has 8 aromatic rings. The van der Waals surface area contributed by atoms with Gasteiger partial charge in [0.2, 0.25) is 0 Å². The fraction of sp³-hybridized carbons (Fsp3) is 0. The molecule has 0 atom stereocenters. The molecule has 0 aliphatic carbocycles. The van der Waals surface area contributed by atoms with Crippen molar-refractivity contribution in [3.05, 3.63) is 164 Å². The molecule has 0 amide bonds. The lowest BCUT2D eigenvalue weighted by molar-refractivity contribution is 0.672. The SMILES string of the molecule is c1ccc(-c2ccccc2-c2ccc(N(c3ccccc3)c3ccc4c(ccc5c6ccccc6oc45)c3)cc2)cc1. The fourth-order valence-corrected chi connectivity index (χ4v) is 6.06. The summed E-state index contributed by atoms with van der Waals surface area (Å²) in [6.07, 6.45) is 0. The summed E-state index contributed by atoms with van der Waals surface area (Å²) in [4.78, 5) is 2.31. The second-order valence-electron chi connectivity index (χ2n) is 10.6. The Morgan fingerprint density at radius 3 is 1.71 bits per heavy atom. The Hall–Kier alpha value is -5.60. The van der Waals surface area contributed by atoms with Crippen LogP contribution in [0.5, 0.6) is 0 Å². The zero-order chi connectivity index (χ0) is 27.9. The van der Waals surface area contributed by atoms with E-state index in [1.54, 1.807) is 0 Å². The van der Waals surface area contributed by atoms with Gasteiger partial charge in [0.25, 0.3) is 0 Å². The molecule has 2 nitrogen and oxygen atoms in total. The predicted octanol–water partition coefficient (Wildman–Crippen LogP) is 11.5. The van der Waals surface area contributed by atoms with Crippen LogP contribution in [0.3, 0.4) is 0 Å². The van der Waals surface area contributed by atoms with E-state index in [-0.39, 0.29) is 0 Å². The molecule has 0 aliphatic rings. The molecule has 0 spiro atoms. The van der Waals surface area contributed by atoms with Crippen molar-refractivity contribution in [2.45, 2.75) is 0 Å². The number of para-hydroxylation sites is 2. The molecule has 0 fully saturated rings. The van der Waals surface area contributed by atoms with E-state index in [0.29, 0.717) is 0 Å². The summed E-state index contributed by atoms with van der Waals surface area (Å²) in [5, 5.41) is 4.57. The van der Waals surface area contributed by atoms with Crippen molar-refractivity contribution in [1.29, 1.82) is 0 Å². The van der Waals surface area contributed by atoms with Gasteiger partial charge in [-0.3, -0.25) is 0 Å². The highest BCUT2D eigenvalue weighted by molar-refractivity contribution is 6.15. The molecule has 0 saturated heterocycles. The number of nitrogens with zero attached hydrogens (tertiary/aromatic N) is 1. The van der Waals surface area contributed by atoms with Gasteiger partial charge in [0.15, 0.2) is 0 Å². The van der Waals surface area contributed by atoms with Crippen molar-refractivity contribution in [2.75, 3.05) is 4.90 Å². The maximum Gasteiger partial charge on any atom is 0.143 e. The first kappa shape index (κ1) is 24.2. The van der Waals surface area contributed by atoms with Crippen LogP contribution in [0.25, 0.3) is 55.0 Å². The Bertz CT molecular complexity index is 2180. The van der Waals surface area contributed by atoms with Gasteiger partial charge in [-0.25, -0.2) is 0 Å². The molecule has 0 radical (unpaired) electrons. The summed E-state index contributed by atoms with van der Waals surface area (Å²) in [6, 6.07) is 57.9. The molecule has 1 aromatic heterocycles. The van der Waals surface area contributed by atoms with Gasteiger partial charge < -0.3 is 9.32 Å². The molecule has 0 N–H and O–H groups in total. The van der Waals surface area contributed by atoms with E-state index in [4.69, 9.17) is 4.42 Å². The largest absolute Gasteiger partial charge is 0.455 e. The zero-order valence-corrected chi connectivity index (χ0v) is 22.9. The third kappa shape index (κ3) is 4.13. The first-order chi connectivity index (χ1) is 20.8. The Labute approximate surface area is 244 Å². The Kier molecular flexibility index (Phi) is 5.82. The van der Waals surface area contributed by atoms with Crippen molar-refractivity contribution in [3.8, 4) is 22.3 Å². The quantitative estimate of drug-likeness (QED) is 0.217. The molecule has 0 aliphatic heterocycles. The van der Waals surface area contributed by atoms with Gasteiger partial charge in [0, 0.05) is 33.2 Å². The minimum atomic E-state index is 0.920. The van der Waals surface area contributed by atoms with E-state index in [2.05, 4.69) is 157 Å². The molecule has 0 saturated carbocycles. The van der Waals surface area contributed by atoms with Crippen LogP contribution >= 0.6 is 0 Å². The van der Waals surface area contributed by atoms with Crippen LogP contribution in [-0.2, 0) is 0 Å². The maximum absolute atomic E-state index is 6.32. The second kappa shape index (κ2) is 10.1. The third-order valence-electron chi connectivity index (χ3n) is 8.06. The molecular formula is C40H27NO. The standard InChI is InChI=1S/C40H27NO/c1-3-11-28(12-4-1)34-15-7-8-16-35(34)29-19-22-32(23-20-29)41(31-13-5-2-6-14-31)33-24-26-36-30(27-33)21-25-38-37-17-9-10-18-39(37)42-40(36)38/h1-27H. The third-order valence-corrected chi connectivity index (χ3v) is 8.06. The average molecular weight is 538 g/mol. The fourth-order valence-electron chi connectivity index (χ4n) is 6.06. The van der Waals surface area contributed by atoms with E-state index >= 15 is 0 Å². The molecule has 2 heteroatoms. The zero-order valence-electron chi connectivity index (χ0n) is 22.9. The first-order valence-corrected chi connectivity index (χ1v) is 14.3. The summed E-state index contributed by atoms with van der Waals surface area (Å²) in [5.41, 5.74) is 10.0. The van der Waals surface area contributed by atoms with Gasteiger partial charge in [-0.15, -0.1) is 0 Å². The van der Waals surface area contributed by atoms with Crippen LogP contribution < -0.4 is 4.90 Å². The number of anilines is 3. The molecule has 7 aromatic carbocycles. The van der Waals surface area contributed by atoms with Crippen LogP contribution in [0.4, 0.5) is 17.1 Å². The maximum atomic E-state index is 6.32. The highest BCUT2D eigenvalue weighted by Gasteiger charge is 2.16. The van der Waals surface area contributed by atoms with E-state index in [0.717, 1.165) is 49.8 Å². The van der Waals surface area contributed by atoms with Gasteiger partial charge in [-0.2, -0.15) is 0 Å². The second-order valence-corrected chi connectivity index (χ2v) is 10.6. The summed E-state index contributed by atoms with van der Waals surface area (Å²) in [7, 11) is 0. The van der Waals surface area contributed by atoms with Gasteiger partial charge >= 0.3 is 0 Å². The molecule has 198 valence electrons. The first-order valence-electron chi connectivity index (χ1n) is 14.3. The molecule has 42 heavy (non-hydrogen) atoms. The van der Waals surface area contributed by atoms with Gasteiger partial charge in [-0.1, -0.05) is 109 Å². The van der Waals surface area contributed by atoms with Gasteiger partial charge in [0.1, 0.15) is 11.2 Å². The normalized spacial score (nSPS) is 11.3. The van der Waals surface area contributed by atoms with Crippen LogP contribution in [0.2, 0.25) is 0 Å². The number of hydrogen-bond acceptors (Lipinski definition) is 2. The predicted molar refractivity (Wildman–Crippen MR) is 177 cm³/mol. The molecule has 0 unspecified atom stereocenters. The number of rotatable bonds is 5. The molecule has 1 heterocycles. The smallest absolute Gasteiger partial charge is 0.143 e. The molecule has 8 rings (SSSR count). The monoisotopic (exact) mass is 537 g/mol. The van der Waals surface area contributed by atoms with Gasteiger partial charge in [0.05, 0.1) is 0 Å². The van der Waals surface area contributed by atoms with E-state index < -0.39 is 0 Å². The van der Waals surface area contributed by atoms with Crippen molar-refractivity contribution in [1.82, 2.24) is 0 Å². The van der Waals surface area contributed by atoms with Crippen LogP contribution in [-0.4, -0.2) is 0 Å². The molecular weight excluding hydrogens is 510 g/mol. The number of hydrogen-bond donors (Lipinski definition) is 0. The Morgan fingerprint density at radius 2 is 0.952 bits per heavy atom. The summed E-state index contributed by atoms with van der Waals surface area (Å²) < 4.78 is 6.32. The topological polar surface area (TPSA) is 16.4 Å². The summed E-state index contributed by atoms with van der Waals surface area (Å²) >= 11 is 0. The van der Waals surface area contributed by atoms with E-state index in [1.165, 1.54) is 22.3 Å². The van der Waals surface area contributed by atoms with Crippen molar-refractivity contribution in [2.24, 2.45) is 0 Å². The number of fused-ring (bicyclic) bond motifs is 5. The average Bonchev–Trinajstić information content (AvgIpc) is 3.45. The summed E-state index contributed by atoms with van der Waals surface area (Å²) in [5.74, 6) is 0. The minimum absolute atomic E-state index is 0.920. The number of furan rings is 1. The van der Waals surface area contributed by atoms with Crippen LogP contribution in [0.1, 0.15) is 0 Å². The lowest BCUT2D eigenvalue weighted by Gasteiger charge is -2.26. The minimum Gasteiger partial charge on any atom is -0.455 e. The van der Waals surface area contributed by atoms with Crippen LogP contribution in [0, 0.1) is 0 Å². The van der Waals surface area contributed by atoms with E-state index in [1.807, 2.05) is 12.1 Å². The lowest BCUT2D eigenvalue weighted by atomic mass is 9.94. The Morgan fingerprint density at radius 1 is 0.381 bits per heavy atom. The number of benzene rings is 7.